The maximum atomic E-state index is 9.09. The number of hydrogen-bond acceptors (Lipinski definition) is 1. The molecule has 0 saturated carbocycles. The summed E-state index contributed by atoms with van der Waals surface area (Å²) in [4.78, 5) is 14.8. The van der Waals surface area contributed by atoms with Gasteiger partial charge >= 0.3 is 117 Å². The van der Waals surface area contributed by atoms with Gasteiger partial charge in [0.2, 0.25) is 0 Å². The van der Waals surface area contributed by atoms with E-state index < -0.39 is 6.95 Å². The maximum absolute atomic E-state index is 9.09. The van der Waals surface area contributed by atoms with Gasteiger partial charge in [-0.25, -0.2) is 4.57 Å². The van der Waals surface area contributed by atoms with Gasteiger partial charge in [0.15, 0.2) is 0 Å². The third-order valence-electron chi connectivity index (χ3n) is 0. The zero-order valence-electron chi connectivity index (χ0n) is 10.2. The zero-order valence-corrected chi connectivity index (χ0v) is 14.0. The second-order valence-corrected chi connectivity index (χ2v) is 2.74. The molecule has 0 aliphatic rings. The van der Waals surface area contributed by atoms with Crippen LogP contribution in [-0.4, -0.2) is 119 Å². The first kappa shape index (κ1) is 22.7. The first-order valence-corrected chi connectivity index (χ1v) is 3.27. The molecule has 0 aromatic rings. The van der Waals surface area contributed by atoms with Crippen molar-refractivity contribution in [3.05, 3.63) is 0 Å². The standard InChI is InChI=1S/Ba.Ca.ClH2O3P.Mg.6H/c;;1-5(2,3)4;;;;;;;/h;;(H2,2,3,4);;;;;;;/q2*+2;;+2;6*-1. The van der Waals surface area contributed by atoms with Crippen LogP contribution in [0.4, 0.5) is 0 Å². The van der Waals surface area contributed by atoms with Crippen molar-refractivity contribution in [1.82, 2.24) is 0 Å². The van der Waals surface area contributed by atoms with E-state index >= 15 is 0 Å². The Morgan fingerprint density at radius 1 is 1.50 bits per heavy atom. The van der Waals surface area contributed by atoms with E-state index in [9.17, 15) is 0 Å². The van der Waals surface area contributed by atoms with E-state index in [2.05, 4.69) is 11.2 Å². The minimum atomic E-state index is -4.17. The average molecular weight is 324 g/mol. The van der Waals surface area contributed by atoms with Gasteiger partial charge in [0.1, 0.15) is 0 Å². The van der Waals surface area contributed by atoms with Crippen LogP contribution in [-0.2, 0) is 4.57 Å². The van der Waals surface area contributed by atoms with Crippen LogP contribution in [0.2, 0.25) is 0 Å². The molecule has 0 bridgehead atoms. The normalized spacial score (nSPS) is 7.38. The van der Waals surface area contributed by atoms with Gasteiger partial charge < -0.3 is 18.3 Å². The summed E-state index contributed by atoms with van der Waals surface area (Å²) >= 11 is 4.20. The van der Waals surface area contributed by atoms with Crippen molar-refractivity contribution in [1.29, 1.82) is 0 Å². The van der Waals surface area contributed by atoms with Gasteiger partial charge in [-0.2, -0.15) is 0 Å². The first-order chi connectivity index (χ1) is 2.00. The van der Waals surface area contributed by atoms with Crippen LogP contribution in [0.25, 0.3) is 0 Å². The molecule has 0 saturated heterocycles. The fourth-order valence-electron chi connectivity index (χ4n) is 0. The van der Waals surface area contributed by atoms with Crippen LogP contribution in [0.3, 0.4) is 0 Å². The molecule has 0 aliphatic carbocycles. The number of hydrogen-bond donors (Lipinski definition) is 2. The summed E-state index contributed by atoms with van der Waals surface area (Å²) in [7, 11) is 0. The van der Waals surface area contributed by atoms with E-state index in [0.29, 0.717) is 0 Å². The molecule has 0 aromatic carbocycles. The molecule has 0 spiro atoms. The van der Waals surface area contributed by atoms with E-state index in [4.69, 9.17) is 14.4 Å². The summed E-state index contributed by atoms with van der Waals surface area (Å²) in [5.41, 5.74) is 0. The first-order valence-electron chi connectivity index (χ1n) is 0.752. The van der Waals surface area contributed by atoms with Crippen molar-refractivity contribution >= 4 is 128 Å². The van der Waals surface area contributed by atoms with Crippen molar-refractivity contribution in [3.63, 3.8) is 0 Å². The van der Waals surface area contributed by atoms with Crippen molar-refractivity contribution in [3.8, 4) is 0 Å². The summed E-state index contributed by atoms with van der Waals surface area (Å²) in [6.45, 7) is -4.17. The van der Waals surface area contributed by atoms with Crippen LogP contribution in [0.15, 0.2) is 0 Å². The smallest absolute Gasteiger partial charge is 1.00 e. The van der Waals surface area contributed by atoms with Crippen molar-refractivity contribution < 1.29 is 22.9 Å². The van der Waals surface area contributed by atoms with Crippen LogP contribution < -0.4 is 0 Å². The molecule has 8 heavy (non-hydrogen) atoms. The van der Waals surface area contributed by atoms with Crippen LogP contribution in [0.5, 0.6) is 0 Å². The van der Waals surface area contributed by atoms with E-state index in [-0.39, 0.29) is 118 Å². The Morgan fingerprint density at radius 2 is 1.50 bits per heavy atom. The zero-order chi connectivity index (χ0) is 4.50. The van der Waals surface area contributed by atoms with Gasteiger partial charge in [0.05, 0.1) is 0 Å². The van der Waals surface area contributed by atoms with E-state index in [1.165, 1.54) is 0 Å². The Bertz CT molecular complexity index is 79.2. The average Bonchev–Trinajstić information content (AvgIpc) is 0.722. The van der Waals surface area contributed by atoms with Crippen LogP contribution in [0, 0.1) is 0 Å². The second kappa shape index (κ2) is 11.0. The van der Waals surface area contributed by atoms with Crippen molar-refractivity contribution in [2.24, 2.45) is 0 Å². The minimum Gasteiger partial charge on any atom is -1.00 e. The third kappa shape index (κ3) is 50.3. The molecule has 44 valence electrons. The predicted molar refractivity (Wildman–Crippen MR) is 41.8 cm³/mol. The monoisotopic (exact) mass is 324 g/mol. The second-order valence-electron chi connectivity index (χ2n) is 0.473. The molecule has 0 rings (SSSR count). The van der Waals surface area contributed by atoms with E-state index in [1.807, 2.05) is 0 Å². The molecule has 3 nitrogen and oxygen atoms in total. The summed E-state index contributed by atoms with van der Waals surface area (Å²) in [6, 6.07) is 0. The topological polar surface area (TPSA) is 57.5 Å². The Morgan fingerprint density at radius 3 is 1.50 bits per heavy atom. The van der Waals surface area contributed by atoms with Gasteiger partial charge in [0.25, 0.3) is 0 Å². The molecule has 0 aliphatic heterocycles. The fourth-order valence-corrected chi connectivity index (χ4v) is 0. The Balaban J connectivity index is -0.00000000222. The van der Waals surface area contributed by atoms with Gasteiger partial charge in [-0.05, 0) is 0 Å². The summed E-state index contributed by atoms with van der Waals surface area (Å²) in [6.07, 6.45) is 0. The van der Waals surface area contributed by atoms with Crippen LogP contribution >= 0.6 is 18.2 Å². The van der Waals surface area contributed by atoms with Gasteiger partial charge in [-0.1, -0.05) is 0 Å². The van der Waals surface area contributed by atoms with Gasteiger partial charge in [-0.3, -0.25) is 0 Å². The Kier molecular flexibility index (Phi) is 31.3. The van der Waals surface area contributed by atoms with Crippen molar-refractivity contribution in [2.45, 2.75) is 0 Å². The number of halogens is 1. The fraction of sp³-hybridized carbons (Fsp3) is 0. The summed E-state index contributed by atoms with van der Waals surface area (Å²) in [5.74, 6) is 0. The Hall–Kier alpha value is 4.04. The third-order valence-corrected chi connectivity index (χ3v) is 0. The molecule has 0 fully saturated rings. The predicted octanol–water partition coefficient (Wildman–Crippen LogP) is -0.150. The molecule has 2 N–H and O–H groups in total. The molecule has 0 atom stereocenters. The molecular weight excluding hydrogens is 316 g/mol. The molecule has 0 radical (unpaired) electrons. The van der Waals surface area contributed by atoms with Gasteiger partial charge in [0, 0.05) is 11.2 Å². The molecule has 0 amide bonds. The van der Waals surface area contributed by atoms with E-state index in [0.717, 1.165) is 0 Å². The van der Waals surface area contributed by atoms with Gasteiger partial charge in [-0.15, -0.1) is 0 Å². The SMILES string of the molecule is O=P(O)(O)Cl.[Ba+2].[Ca+2].[H-].[H-].[H-].[H-].[H-].[H-].[Mg+2]. The largest absolute Gasteiger partial charge is 2.00 e. The number of rotatable bonds is 0. The van der Waals surface area contributed by atoms with E-state index in [1.54, 1.807) is 0 Å². The minimum absolute atomic E-state index is 0. The quantitative estimate of drug-likeness (QED) is 0.481. The summed E-state index contributed by atoms with van der Waals surface area (Å²) < 4.78 is 9.09. The summed E-state index contributed by atoms with van der Waals surface area (Å²) in [5, 5.41) is 0. The molecule has 0 heterocycles. The maximum Gasteiger partial charge on any atom is 2.00 e. The molecule has 0 unspecified atom stereocenters. The molecule has 0 aromatic heterocycles. The molecule has 8 heteroatoms. The van der Waals surface area contributed by atoms with Crippen molar-refractivity contribution in [2.75, 3.05) is 0 Å². The Labute approximate surface area is 147 Å². The molecular formula is H8BaCaClMgO3P. The van der Waals surface area contributed by atoms with Crippen LogP contribution in [0.1, 0.15) is 8.56 Å².